The summed E-state index contributed by atoms with van der Waals surface area (Å²) in [6, 6.07) is 0. The molecule has 1 aromatic heterocycles. The molecule has 0 spiro atoms. The molecule has 0 saturated carbocycles. The topological polar surface area (TPSA) is 76.4 Å². The summed E-state index contributed by atoms with van der Waals surface area (Å²) in [5, 5.41) is 17.3. The fourth-order valence-corrected chi connectivity index (χ4v) is 2.36. The van der Waals surface area contributed by atoms with Crippen molar-refractivity contribution in [3.63, 3.8) is 0 Å². The standard InChI is InChI=1S/C13H21N3O3/c1-9-11(10(2)16(3)15-9)12(17)14-8-13(18)4-6-19-7-5-13/h18H,4-8H2,1-3H3,(H,14,17). The predicted octanol–water partition coefficient (Wildman–Crippen LogP) is 0.308. The summed E-state index contributed by atoms with van der Waals surface area (Å²) in [5.74, 6) is -0.178. The van der Waals surface area contributed by atoms with Crippen molar-refractivity contribution < 1.29 is 14.6 Å². The predicted molar refractivity (Wildman–Crippen MR) is 70.0 cm³/mol. The Morgan fingerprint density at radius 3 is 2.63 bits per heavy atom. The summed E-state index contributed by atoms with van der Waals surface area (Å²) in [4.78, 5) is 12.2. The maximum absolute atomic E-state index is 12.2. The zero-order valence-electron chi connectivity index (χ0n) is 11.7. The molecule has 6 nitrogen and oxygen atoms in total. The van der Waals surface area contributed by atoms with E-state index in [1.54, 1.807) is 4.68 Å². The molecule has 106 valence electrons. The monoisotopic (exact) mass is 267 g/mol. The summed E-state index contributed by atoms with van der Waals surface area (Å²) in [6.45, 7) is 5.00. The van der Waals surface area contributed by atoms with E-state index in [-0.39, 0.29) is 12.5 Å². The third-order valence-corrected chi connectivity index (χ3v) is 3.74. The zero-order valence-corrected chi connectivity index (χ0v) is 11.7. The van der Waals surface area contributed by atoms with Gasteiger partial charge in [-0.25, -0.2) is 0 Å². The van der Waals surface area contributed by atoms with Crippen LogP contribution in [0.3, 0.4) is 0 Å². The molecule has 2 heterocycles. The number of aromatic nitrogens is 2. The molecule has 1 aromatic rings. The number of nitrogens with zero attached hydrogens (tertiary/aromatic N) is 2. The Labute approximate surface area is 112 Å². The molecule has 0 unspecified atom stereocenters. The molecule has 1 aliphatic heterocycles. The largest absolute Gasteiger partial charge is 0.388 e. The average Bonchev–Trinajstić information content (AvgIpc) is 2.62. The van der Waals surface area contributed by atoms with E-state index >= 15 is 0 Å². The van der Waals surface area contributed by atoms with Crippen molar-refractivity contribution in [3.05, 3.63) is 17.0 Å². The molecule has 2 N–H and O–H groups in total. The van der Waals surface area contributed by atoms with Gasteiger partial charge < -0.3 is 15.2 Å². The molecule has 0 radical (unpaired) electrons. The summed E-state index contributed by atoms with van der Waals surface area (Å²) >= 11 is 0. The quantitative estimate of drug-likeness (QED) is 0.826. The van der Waals surface area contributed by atoms with E-state index in [0.29, 0.717) is 37.3 Å². The highest BCUT2D eigenvalue weighted by atomic mass is 16.5. The lowest BCUT2D eigenvalue weighted by Crippen LogP contribution is -2.46. The minimum Gasteiger partial charge on any atom is -0.388 e. The van der Waals surface area contributed by atoms with E-state index in [2.05, 4.69) is 10.4 Å². The molecule has 1 amide bonds. The summed E-state index contributed by atoms with van der Waals surface area (Å²) in [6.07, 6.45) is 1.11. The zero-order chi connectivity index (χ0) is 14.0. The van der Waals surface area contributed by atoms with Crippen LogP contribution in [0.1, 0.15) is 34.6 Å². The van der Waals surface area contributed by atoms with Gasteiger partial charge in [-0.15, -0.1) is 0 Å². The van der Waals surface area contributed by atoms with Crippen molar-refractivity contribution in [2.45, 2.75) is 32.3 Å². The van der Waals surface area contributed by atoms with Crippen molar-refractivity contribution in [2.75, 3.05) is 19.8 Å². The van der Waals surface area contributed by atoms with Crippen molar-refractivity contribution in [2.24, 2.45) is 7.05 Å². The number of hydrogen-bond donors (Lipinski definition) is 2. The van der Waals surface area contributed by atoms with E-state index in [0.717, 1.165) is 5.69 Å². The number of aryl methyl sites for hydroxylation is 2. The summed E-state index contributed by atoms with van der Waals surface area (Å²) in [7, 11) is 1.81. The molecular formula is C13H21N3O3. The van der Waals surface area contributed by atoms with Crippen LogP contribution in [0.15, 0.2) is 0 Å². The minimum atomic E-state index is -0.849. The third kappa shape index (κ3) is 2.96. The van der Waals surface area contributed by atoms with E-state index in [1.165, 1.54) is 0 Å². The normalized spacial score (nSPS) is 18.3. The molecule has 19 heavy (non-hydrogen) atoms. The molecule has 0 bridgehead atoms. The molecule has 0 aliphatic carbocycles. The van der Waals surface area contributed by atoms with Crippen LogP contribution in [-0.2, 0) is 11.8 Å². The van der Waals surface area contributed by atoms with Gasteiger partial charge in [-0.2, -0.15) is 5.10 Å². The number of nitrogens with one attached hydrogen (secondary N) is 1. The molecule has 1 saturated heterocycles. The Kier molecular flexibility index (Phi) is 3.91. The lowest BCUT2D eigenvalue weighted by molar-refractivity contribution is -0.0605. The van der Waals surface area contributed by atoms with Crippen LogP contribution < -0.4 is 5.32 Å². The highest BCUT2D eigenvalue weighted by Crippen LogP contribution is 2.20. The van der Waals surface area contributed by atoms with Crippen LogP contribution in [0, 0.1) is 13.8 Å². The maximum atomic E-state index is 12.2. The first-order chi connectivity index (χ1) is 8.93. The Hall–Kier alpha value is -1.40. The molecule has 6 heteroatoms. The first kappa shape index (κ1) is 14.0. The molecule has 0 aromatic carbocycles. The fourth-order valence-electron chi connectivity index (χ4n) is 2.36. The van der Waals surface area contributed by atoms with Gasteiger partial charge in [0.25, 0.3) is 5.91 Å². The number of ether oxygens (including phenoxy) is 1. The maximum Gasteiger partial charge on any atom is 0.255 e. The minimum absolute atomic E-state index is 0.178. The second-order valence-electron chi connectivity index (χ2n) is 5.19. The average molecular weight is 267 g/mol. The summed E-state index contributed by atoms with van der Waals surface area (Å²) in [5.41, 5.74) is 1.28. The first-order valence-electron chi connectivity index (χ1n) is 6.51. The van der Waals surface area contributed by atoms with Gasteiger partial charge in [0.15, 0.2) is 0 Å². The van der Waals surface area contributed by atoms with Gasteiger partial charge in [-0.05, 0) is 13.8 Å². The fraction of sp³-hybridized carbons (Fsp3) is 0.692. The highest BCUT2D eigenvalue weighted by molar-refractivity contribution is 5.96. The van der Waals surface area contributed by atoms with E-state index in [9.17, 15) is 9.90 Å². The lowest BCUT2D eigenvalue weighted by Gasteiger charge is -2.32. The van der Waals surface area contributed by atoms with Crippen molar-refractivity contribution in [1.82, 2.24) is 15.1 Å². The van der Waals surface area contributed by atoms with Gasteiger partial charge in [0, 0.05) is 45.3 Å². The van der Waals surface area contributed by atoms with Gasteiger partial charge in [0.2, 0.25) is 0 Å². The van der Waals surface area contributed by atoms with Crippen molar-refractivity contribution in [1.29, 1.82) is 0 Å². The summed E-state index contributed by atoms with van der Waals surface area (Å²) < 4.78 is 6.90. The molecular weight excluding hydrogens is 246 g/mol. The third-order valence-electron chi connectivity index (χ3n) is 3.74. The molecule has 1 aliphatic rings. The van der Waals surface area contributed by atoms with Gasteiger partial charge in [-0.3, -0.25) is 9.48 Å². The Balaban J connectivity index is 2.01. The van der Waals surface area contributed by atoms with Gasteiger partial charge in [0.05, 0.1) is 16.9 Å². The number of amides is 1. The Morgan fingerprint density at radius 2 is 2.11 bits per heavy atom. The number of rotatable bonds is 3. The van der Waals surface area contributed by atoms with E-state index < -0.39 is 5.60 Å². The lowest BCUT2D eigenvalue weighted by atomic mass is 9.94. The van der Waals surface area contributed by atoms with Gasteiger partial charge >= 0.3 is 0 Å². The van der Waals surface area contributed by atoms with Gasteiger partial charge in [-0.1, -0.05) is 0 Å². The highest BCUT2D eigenvalue weighted by Gasteiger charge is 2.30. The smallest absolute Gasteiger partial charge is 0.255 e. The second kappa shape index (κ2) is 5.30. The van der Waals surface area contributed by atoms with Crippen LogP contribution in [0.2, 0.25) is 0 Å². The van der Waals surface area contributed by atoms with Crippen LogP contribution in [-0.4, -0.2) is 46.2 Å². The van der Waals surface area contributed by atoms with E-state index in [4.69, 9.17) is 4.74 Å². The number of hydrogen-bond acceptors (Lipinski definition) is 4. The molecule has 2 rings (SSSR count). The van der Waals surface area contributed by atoms with Crippen molar-refractivity contribution >= 4 is 5.91 Å². The van der Waals surface area contributed by atoms with Gasteiger partial charge in [0.1, 0.15) is 0 Å². The number of carbonyl (C=O) groups is 1. The van der Waals surface area contributed by atoms with E-state index in [1.807, 2.05) is 20.9 Å². The Morgan fingerprint density at radius 1 is 1.47 bits per heavy atom. The molecule has 0 atom stereocenters. The number of carbonyl (C=O) groups excluding carboxylic acids is 1. The number of aliphatic hydroxyl groups is 1. The van der Waals surface area contributed by atoms with Crippen LogP contribution in [0.5, 0.6) is 0 Å². The SMILES string of the molecule is Cc1nn(C)c(C)c1C(=O)NCC1(O)CCOCC1. The first-order valence-corrected chi connectivity index (χ1v) is 6.51. The van der Waals surface area contributed by atoms with Crippen LogP contribution >= 0.6 is 0 Å². The van der Waals surface area contributed by atoms with Crippen LogP contribution in [0.25, 0.3) is 0 Å². The Bertz CT molecular complexity index is 476. The van der Waals surface area contributed by atoms with Crippen molar-refractivity contribution in [3.8, 4) is 0 Å². The second-order valence-corrected chi connectivity index (χ2v) is 5.19. The van der Waals surface area contributed by atoms with Crippen LogP contribution in [0.4, 0.5) is 0 Å². The molecule has 1 fully saturated rings.